The minimum Gasteiger partial charge on any atom is -0.350 e. The second-order valence-electron chi connectivity index (χ2n) is 8.51. The summed E-state index contributed by atoms with van der Waals surface area (Å²) in [7, 11) is 0. The maximum Gasteiger partial charge on any atom is 0.322 e. The highest BCUT2D eigenvalue weighted by Gasteiger charge is 2.29. The first-order chi connectivity index (χ1) is 13.2. The number of hydrogen-bond acceptors (Lipinski definition) is 2. The van der Waals surface area contributed by atoms with Crippen molar-refractivity contribution < 1.29 is 9.59 Å². The molecule has 1 aliphatic heterocycles. The van der Waals surface area contributed by atoms with Crippen LogP contribution in [0.1, 0.15) is 37.5 Å². The van der Waals surface area contributed by atoms with Crippen LogP contribution in [0.3, 0.4) is 0 Å². The molecule has 1 aliphatic rings. The van der Waals surface area contributed by atoms with Crippen LogP contribution in [0, 0.1) is 6.92 Å². The smallest absolute Gasteiger partial charge is 0.322 e. The van der Waals surface area contributed by atoms with Gasteiger partial charge in [0.05, 0.1) is 6.04 Å². The summed E-state index contributed by atoms with van der Waals surface area (Å²) in [5.74, 6) is -0.122. The van der Waals surface area contributed by atoms with E-state index in [2.05, 4.69) is 31.4 Å². The molecule has 0 unspecified atom stereocenters. The van der Waals surface area contributed by atoms with Crippen LogP contribution in [0.4, 0.5) is 10.5 Å². The number of benzene rings is 2. The molecule has 1 fully saturated rings. The first-order valence-electron chi connectivity index (χ1n) is 9.73. The van der Waals surface area contributed by atoms with E-state index in [1.54, 1.807) is 4.90 Å². The number of carbonyl (C=O) groups excluding carboxylic acids is 2. The summed E-state index contributed by atoms with van der Waals surface area (Å²) in [6, 6.07) is 15.7. The van der Waals surface area contributed by atoms with Crippen molar-refractivity contribution in [2.45, 2.75) is 45.6 Å². The average Bonchev–Trinajstić information content (AvgIpc) is 2.62. The maximum absolute atomic E-state index is 13.0. The van der Waals surface area contributed by atoms with Gasteiger partial charge in [0.2, 0.25) is 5.91 Å². The molecular weight excluding hydrogens is 350 g/mol. The molecule has 0 radical (unpaired) electrons. The first-order valence-corrected chi connectivity index (χ1v) is 9.73. The number of carbonyl (C=O) groups is 2. The summed E-state index contributed by atoms with van der Waals surface area (Å²) < 4.78 is 0. The Morgan fingerprint density at radius 3 is 2.54 bits per heavy atom. The van der Waals surface area contributed by atoms with Gasteiger partial charge in [-0.1, -0.05) is 69.3 Å². The third kappa shape index (κ3) is 4.71. The molecule has 3 rings (SSSR count). The Bertz CT molecular complexity index is 856. The fourth-order valence-electron chi connectivity index (χ4n) is 3.64. The fraction of sp³-hybridized carbons (Fsp3) is 0.391. The van der Waals surface area contributed by atoms with Crippen LogP contribution in [-0.4, -0.2) is 36.0 Å². The lowest BCUT2D eigenvalue weighted by atomic mass is 9.84. The molecule has 5 nitrogen and oxygen atoms in total. The second-order valence-corrected chi connectivity index (χ2v) is 8.51. The van der Waals surface area contributed by atoms with E-state index < -0.39 is 0 Å². The minimum atomic E-state index is -0.229. The van der Waals surface area contributed by atoms with Crippen LogP contribution in [0.2, 0.25) is 0 Å². The van der Waals surface area contributed by atoms with E-state index >= 15 is 0 Å². The number of rotatable bonds is 3. The van der Waals surface area contributed by atoms with Crippen LogP contribution in [0.25, 0.3) is 0 Å². The highest BCUT2D eigenvalue weighted by atomic mass is 16.2. The monoisotopic (exact) mass is 379 g/mol. The molecule has 1 atom stereocenters. The van der Waals surface area contributed by atoms with Crippen LogP contribution in [-0.2, 0) is 16.6 Å². The quantitative estimate of drug-likeness (QED) is 0.850. The van der Waals surface area contributed by atoms with Crippen molar-refractivity contribution in [3.05, 3.63) is 65.2 Å². The van der Waals surface area contributed by atoms with Gasteiger partial charge in [0.25, 0.3) is 0 Å². The normalized spacial score (nSPS) is 17.2. The SMILES string of the molecule is Cc1cccc(C(C)(C)C)c1NC(=O)N1CC(=O)N[C@@H](Cc2ccccc2)C1. The van der Waals surface area contributed by atoms with E-state index in [1.807, 2.05) is 55.5 Å². The number of aryl methyl sites for hydroxylation is 1. The number of anilines is 1. The summed E-state index contributed by atoms with van der Waals surface area (Å²) in [4.78, 5) is 26.8. The Morgan fingerprint density at radius 1 is 1.14 bits per heavy atom. The molecule has 2 aromatic rings. The lowest BCUT2D eigenvalue weighted by Crippen LogP contribution is -2.57. The molecular formula is C23H29N3O2. The van der Waals surface area contributed by atoms with Gasteiger partial charge in [0, 0.05) is 12.2 Å². The van der Waals surface area contributed by atoms with E-state index in [0.717, 1.165) is 22.4 Å². The zero-order valence-electron chi connectivity index (χ0n) is 17.1. The fourth-order valence-corrected chi connectivity index (χ4v) is 3.64. The molecule has 5 heteroatoms. The Balaban J connectivity index is 1.75. The molecule has 1 heterocycles. The zero-order valence-corrected chi connectivity index (χ0v) is 17.1. The Labute approximate surface area is 167 Å². The molecule has 148 valence electrons. The molecule has 0 aliphatic carbocycles. The standard InChI is InChI=1S/C23H29N3O2/c1-16-9-8-12-19(23(2,3)4)21(16)25-22(28)26-14-18(24-20(27)15-26)13-17-10-6-5-7-11-17/h5-12,18H,13-15H2,1-4H3,(H,24,27)(H,25,28)/t18-/m0/s1. The van der Waals surface area contributed by atoms with Gasteiger partial charge in [0.15, 0.2) is 0 Å². The Morgan fingerprint density at radius 2 is 1.86 bits per heavy atom. The van der Waals surface area contributed by atoms with Crippen LogP contribution in [0.5, 0.6) is 0 Å². The number of nitrogens with one attached hydrogen (secondary N) is 2. The third-order valence-electron chi connectivity index (χ3n) is 5.07. The Kier molecular flexibility index (Phi) is 5.73. The van der Waals surface area contributed by atoms with E-state index in [-0.39, 0.29) is 29.9 Å². The number of urea groups is 1. The molecule has 0 saturated carbocycles. The van der Waals surface area contributed by atoms with Gasteiger partial charge in [-0.3, -0.25) is 4.79 Å². The number of piperazine rings is 1. The van der Waals surface area contributed by atoms with E-state index in [4.69, 9.17) is 0 Å². The average molecular weight is 380 g/mol. The zero-order chi connectivity index (χ0) is 20.3. The highest BCUT2D eigenvalue weighted by molar-refractivity contribution is 5.94. The van der Waals surface area contributed by atoms with Crippen molar-refractivity contribution >= 4 is 17.6 Å². The van der Waals surface area contributed by atoms with Gasteiger partial charge < -0.3 is 15.5 Å². The predicted octanol–water partition coefficient (Wildman–Crippen LogP) is 3.87. The molecule has 28 heavy (non-hydrogen) atoms. The molecule has 2 aromatic carbocycles. The third-order valence-corrected chi connectivity index (χ3v) is 5.07. The molecule has 0 bridgehead atoms. The minimum absolute atomic E-state index is 0.0772. The molecule has 1 saturated heterocycles. The first kappa shape index (κ1) is 19.9. The van der Waals surface area contributed by atoms with E-state index in [9.17, 15) is 9.59 Å². The van der Waals surface area contributed by atoms with Crippen molar-refractivity contribution in [2.24, 2.45) is 0 Å². The summed E-state index contributed by atoms with van der Waals surface area (Å²) in [5, 5.41) is 6.07. The lowest BCUT2D eigenvalue weighted by Gasteiger charge is -2.34. The van der Waals surface area contributed by atoms with Gasteiger partial charge in [-0.25, -0.2) is 4.79 Å². The summed E-state index contributed by atoms with van der Waals surface area (Å²) in [6.07, 6.45) is 0.702. The van der Waals surface area contributed by atoms with Gasteiger partial charge >= 0.3 is 6.03 Å². The van der Waals surface area contributed by atoms with Crippen molar-refractivity contribution in [3.63, 3.8) is 0 Å². The summed E-state index contributed by atoms with van der Waals surface area (Å²) >= 11 is 0. The van der Waals surface area contributed by atoms with Crippen molar-refractivity contribution in [3.8, 4) is 0 Å². The Hall–Kier alpha value is -2.82. The molecule has 3 amide bonds. The molecule has 0 aromatic heterocycles. The van der Waals surface area contributed by atoms with E-state index in [0.29, 0.717) is 13.0 Å². The van der Waals surface area contributed by atoms with Crippen LogP contribution in [0.15, 0.2) is 48.5 Å². The summed E-state index contributed by atoms with van der Waals surface area (Å²) in [5.41, 5.74) is 3.99. The van der Waals surface area contributed by atoms with Crippen molar-refractivity contribution in [1.29, 1.82) is 0 Å². The number of hydrogen-bond donors (Lipinski definition) is 2. The second kappa shape index (κ2) is 8.05. The molecule has 2 N–H and O–H groups in total. The van der Waals surface area contributed by atoms with Crippen molar-refractivity contribution in [1.82, 2.24) is 10.2 Å². The van der Waals surface area contributed by atoms with Gasteiger partial charge in [-0.05, 0) is 35.4 Å². The number of nitrogens with zero attached hydrogens (tertiary/aromatic N) is 1. The summed E-state index contributed by atoms with van der Waals surface area (Å²) in [6.45, 7) is 8.94. The van der Waals surface area contributed by atoms with Crippen LogP contribution >= 0.6 is 0 Å². The largest absolute Gasteiger partial charge is 0.350 e. The van der Waals surface area contributed by atoms with Gasteiger partial charge in [0.1, 0.15) is 6.54 Å². The van der Waals surface area contributed by atoms with E-state index in [1.165, 1.54) is 0 Å². The van der Waals surface area contributed by atoms with Crippen molar-refractivity contribution in [2.75, 3.05) is 18.4 Å². The predicted molar refractivity (Wildman–Crippen MR) is 113 cm³/mol. The molecule has 0 spiro atoms. The lowest BCUT2D eigenvalue weighted by molar-refractivity contribution is -0.124. The number of para-hydroxylation sites is 1. The topological polar surface area (TPSA) is 61.4 Å². The maximum atomic E-state index is 13.0. The van der Waals surface area contributed by atoms with Gasteiger partial charge in [-0.15, -0.1) is 0 Å². The highest BCUT2D eigenvalue weighted by Crippen LogP contribution is 2.32. The van der Waals surface area contributed by atoms with Crippen LogP contribution < -0.4 is 10.6 Å². The number of amides is 3. The van der Waals surface area contributed by atoms with Gasteiger partial charge in [-0.2, -0.15) is 0 Å².